The minimum Gasteiger partial charge on any atom is -0.390 e. The Morgan fingerprint density at radius 1 is 0.377 bits per heavy atom. The number of ketones is 3. The Balaban J connectivity index is 0.000000152. The zero-order valence-corrected chi connectivity index (χ0v) is 89.8. The first-order valence-electron chi connectivity index (χ1n) is 49.7. The van der Waals surface area contributed by atoms with E-state index in [4.69, 9.17) is 0 Å². The summed E-state index contributed by atoms with van der Waals surface area (Å²) in [6.07, 6.45) is 19.6. The summed E-state index contributed by atoms with van der Waals surface area (Å²) >= 11 is 4.35. The number of anilines is 5. The largest absolute Gasteiger partial charge is 0.390 e. The third kappa shape index (κ3) is 19.4. The molecule has 0 bridgehead atoms. The van der Waals surface area contributed by atoms with Gasteiger partial charge in [0.15, 0.2) is 41.0 Å². The summed E-state index contributed by atoms with van der Waals surface area (Å²) in [5.74, 6) is 5.72. The second-order valence-corrected chi connectivity index (χ2v) is 55.0. The fourth-order valence-electron chi connectivity index (χ4n) is 21.7. The molecule has 10 aliphatic rings. The van der Waals surface area contributed by atoms with E-state index >= 15 is 0 Å². The molecule has 0 atom stereocenters. The van der Waals surface area contributed by atoms with E-state index in [1.54, 1.807) is 35.3 Å². The van der Waals surface area contributed by atoms with Gasteiger partial charge in [-0.3, -0.25) is 19.2 Å². The smallest absolute Gasteiger partial charge is 0.224 e. The van der Waals surface area contributed by atoms with Gasteiger partial charge in [0.05, 0.1) is 16.2 Å². The molecule has 1 fully saturated rings. The van der Waals surface area contributed by atoms with Crippen LogP contribution in [0.4, 0.5) is 45.5 Å². The number of nitrogens with one attached hydrogen (secondary N) is 2. The van der Waals surface area contributed by atoms with E-state index in [0.717, 1.165) is 159 Å². The van der Waals surface area contributed by atoms with Crippen LogP contribution in [0.1, 0.15) is 209 Å². The van der Waals surface area contributed by atoms with E-state index in [9.17, 15) is 29.1 Å². The van der Waals surface area contributed by atoms with Crippen LogP contribution in [-0.4, -0.2) is 152 Å². The quantitative estimate of drug-likeness (QED) is 0.0159. The fraction of sp³-hybridized carbons (Fsp3) is 0.373. The topological polar surface area (TPSA) is 148 Å². The first-order valence-corrected chi connectivity index (χ1v) is 60.0. The van der Waals surface area contributed by atoms with Crippen molar-refractivity contribution in [1.29, 1.82) is 0 Å². The maximum atomic E-state index is 14.3. The Kier molecular flexibility index (Phi) is 31.1. The maximum absolute atomic E-state index is 14.3. The number of rotatable bonds is 32. The van der Waals surface area contributed by atoms with Gasteiger partial charge in [-0.1, -0.05) is 182 Å². The SMILES string of the molecule is CCN1C(=CC2=C(SCCCCCC(=O)Nc3ccc([As]4SCCS4)cc3)C(=CC3=[N+](CC)c4ccccc4C3(C)C)C2=O)C(C)(C)c2ccccc21.CCN1C(=CC2=C(SCCCCCC(=O)Nc3ccccc3)C(=CC3=[N+](CC)c4ccccc4C3(C)C)C2=O)C(C)(C)c2ccccc21.CCSC1=C(/C=C2\N(CC)c3ccccc3C2(C)C)C(=O)/C1=C/C1=[N+](CCO)c2ccccc2C1(C)C. The number of likely N-dealkylation sites (N-methyl/N-ethyl adjacent to an activating group) is 3. The molecule has 3 aliphatic carbocycles. The van der Waals surface area contributed by atoms with Gasteiger partial charge in [0, 0.05) is 183 Å². The van der Waals surface area contributed by atoms with Gasteiger partial charge < -0.3 is 25.1 Å². The van der Waals surface area contributed by atoms with Crippen LogP contribution in [0.25, 0.3) is 0 Å². The van der Waals surface area contributed by atoms with Crippen LogP contribution in [0.3, 0.4) is 0 Å². The first-order chi connectivity index (χ1) is 66.3. The van der Waals surface area contributed by atoms with Gasteiger partial charge in [-0.25, -0.2) is 0 Å². The number of fused-ring (bicyclic) bond motifs is 6. The Morgan fingerprint density at radius 3 is 1.04 bits per heavy atom. The van der Waals surface area contributed by atoms with Crippen LogP contribution >= 0.6 is 55.3 Å². The number of para-hydroxylation sites is 7. The molecule has 0 aromatic heterocycles. The van der Waals surface area contributed by atoms with Crippen LogP contribution in [-0.2, 0) is 56.5 Å². The summed E-state index contributed by atoms with van der Waals surface area (Å²) in [7, 11) is 4.28. The van der Waals surface area contributed by atoms with E-state index in [0.29, 0.717) is 19.4 Å². The summed E-state index contributed by atoms with van der Waals surface area (Å²) in [6.45, 7) is 44.9. The molecule has 8 aromatic rings. The predicted molar refractivity (Wildman–Crippen MR) is 589 cm³/mol. The molecule has 8 aromatic carbocycles. The number of benzene rings is 8. The van der Waals surface area contributed by atoms with Gasteiger partial charge in [-0.15, -0.1) is 23.5 Å². The normalized spacial score (nSPS) is 20.3. The molecule has 0 saturated carbocycles. The second kappa shape index (κ2) is 42.5. The van der Waals surface area contributed by atoms with E-state index in [-0.39, 0.29) is 68.3 Å². The van der Waals surface area contributed by atoms with Gasteiger partial charge in [0.25, 0.3) is 0 Å². The fourth-order valence-corrected chi connectivity index (χ4v) is 39.1. The molecule has 138 heavy (non-hydrogen) atoms. The maximum Gasteiger partial charge on any atom is 0.224 e. The number of hydrogen-bond acceptors (Lipinski definition) is 14. The number of nitrogens with zero attached hydrogens (tertiary/aromatic N) is 6. The van der Waals surface area contributed by atoms with E-state index in [2.05, 4.69) is 384 Å². The number of hydrogen-bond donors (Lipinski definition) is 3. The number of β-amino-alcohol motifs (C(OH)–C–C–N with tert-alkyl or cyclic N) is 1. The molecule has 0 spiro atoms. The summed E-state index contributed by atoms with van der Waals surface area (Å²) < 4.78 is 8.39. The molecule has 18 rings (SSSR count). The van der Waals surface area contributed by atoms with Crippen molar-refractivity contribution < 1.29 is 42.8 Å². The van der Waals surface area contributed by atoms with Gasteiger partial charge in [0.2, 0.25) is 23.0 Å². The van der Waals surface area contributed by atoms with E-state index in [1.807, 2.05) is 36.4 Å². The first kappa shape index (κ1) is 101. The number of carbonyl (C=O) groups is 5. The van der Waals surface area contributed by atoms with Crippen LogP contribution < -0.4 is 29.7 Å². The number of amides is 2. The molecular weight excluding hydrogens is 1860 g/mol. The van der Waals surface area contributed by atoms with E-state index in [1.165, 1.54) is 106 Å². The van der Waals surface area contributed by atoms with Crippen molar-refractivity contribution in [3.63, 3.8) is 0 Å². The van der Waals surface area contributed by atoms with Crippen molar-refractivity contribution in [2.45, 2.75) is 208 Å². The minimum absolute atomic E-state index is 0.0529. The van der Waals surface area contributed by atoms with Crippen LogP contribution in [0, 0.1) is 0 Å². The molecule has 0 unspecified atom stereocenters. The third-order valence-corrected chi connectivity index (χ3v) is 46.3. The van der Waals surface area contributed by atoms with Crippen LogP contribution in [0.5, 0.6) is 0 Å². The van der Waals surface area contributed by atoms with Gasteiger partial charge >= 0.3 is 137 Å². The summed E-state index contributed by atoms with van der Waals surface area (Å²) in [5, 5.41) is 15.9. The summed E-state index contributed by atoms with van der Waals surface area (Å²) in [5.41, 5.74) is 27.3. The van der Waals surface area contributed by atoms with E-state index < -0.39 is 12.3 Å². The molecule has 7 aliphatic heterocycles. The predicted octanol–water partition coefficient (Wildman–Crippen LogP) is 25.4. The van der Waals surface area contributed by atoms with Crippen molar-refractivity contribution in [1.82, 2.24) is 0 Å². The molecule has 3 N–H and O–H groups in total. The number of Topliss-reactive ketones (excluding diaryl/α,β-unsaturated/α-hetero) is 3. The van der Waals surface area contributed by atoms with Crippen molar-refractivity contribution in [2.75, 3.05) is 100.0 Å². The molecule has 7 heterocycles. The number of unbranched alkanes of at least 4 members (excludes halogenated alkanes) is 4. The average molecular weight is 2000 g/mol. The molecular formula is C118H136AsN8O6S5+3. The van der Waals surface area contributed by atoms with Gasteiger partial charge in [0.1, 0.15) is 19.7 Å². The average Bonchev–Trinajstić information content (AvgIpc) is 1.58. The summed E-state index contributed by atoms with van der Waals surface area (Å²) in [6, 6.07) is 69.6. The number of aliphatic hydroxyl groups excluding tert-OH is 1. The Hall–Kier alpha value is -9.95. The minimum atomic E-state index is -0.993. The zero-order valence-electron chi connectivity index (χ0n) is 83.8. The standard InChI is InChI=1S/C44H50AsN3O2S3.C42H47N3O2S.C32H37N2O2S/c1-7-47-36-18-13-11-16-34(36)43(3,4)38(47)28-32-41(50)33(29-39-44(5,6)35-17-12-14-19-37(35)48(39)8-2)42(32)51-25-15-9-10-20-40(49)46-31-23-21-30(22-24-31)45-52-26-27-53-45;1-7-44-34-23-16-14-21-32(34)41(3,4)36(44)27-30-39(47)31(28-37-42(5,6)33-22-15-17-24-35(33)45(37)8-2)40(30)48-26-18-10-13-25-38(46)43-29-19-11-9-12-20-29;1-7-33-25-15-11-9-13-23(25)31(3,4)27(33)19-21-29(36)22(30(21)37-8-2)20-28-32(5,6)24-14-10-12-16-26(24)34(28)17-18-35/h11-14,16-19,21-24,28-29H,7-10,15,20,25-27H2,1-6H3;9,11-12,14-17,19-24,27-28H,7-8,10,13,18,25-26H2,1-6H3;9-16,19-20,35H,7-8,17-18H2,1-6H3/q;;+1/p+2. The monoisotopic (exact) mass is 2000 g/mol. The Labute approximate surface area is 843 Å². The molecule has 716 valence electrons. The number of aliphatic hydroxyl groups is 1. The number of allylic oxidation sites excluding steroid dienone is 15. The summed E-state index contributed by atoms with van der Waals surface area (Å²) in [4.78, 5) is 77.8. The molecule has 0 radical (unpaired) electrons. The molecule has 14 nitrogen and oxygen atoms in total. The van der Waals surface area contributed by atoms with Gasteiger partial charge in [-0.05, 0) is 166 Å². The van der Waals surface area contributed by atoms with Crippen molar-refractivity contribution in [3.8, 4) is 0 Å². The van der Waals surface area contributed by atoms with Crippen LogP contribution in [0.2, 0.25) is 0 Å². The molecule has 20 heteroatoms. The van der Waals surface area contributed by atoms with Gasteiger partial charge in [-0.2, -0.15) is 13.7 Å². The third-order valence-electron chi connectivity index (χ3n) is 29.1. The Morgan fingerprint density at radius 2 is 0.696 bits per heavy atom. The second-order valence-electron chi connectivity index (χ2n) is 39.8. The van der Waals surface area contributed by atoms with Crippen molar-refractivity contribution in [3.05, 3.63) is 335 Å². The number of carbonyl (C=O) groups excluding carboxylic acids is 5. The van der Waals surface area contributed by atoms with Crippen molar-refractivity contribution in [2.24, 2.45) is 0 Å². The van der Waals surface area contributed by atoms with Crippen LogP contribution in [0.15, 0.2) is 302 Å². The molecule has 1 saturated heterocycles. The molecule has 2 amide bonds. The Bertz CT molecular complexity index is 6540. The number of thioether (sulfide) groups is 3. The zero-order chi connectivity index (χ0) is 97.9. The van der Waals surface area contributed by atoms with Crippen molar-refractivity contribution >= 4 is 164 Å².